The molecule has 0 bridgehead atoms. The van der Waals surface area contributed by atoms with Crippen molar-refractivity contribution >= 4 is 5.82 Å². The average Bonchev–Trinajstić information content (AvgIpc) is 2.58. The fraction of sp³-hybridized carbons (Fsp3) is 0.118. The second-order valence-electron chi connectivity index (χ2n) is 4.97. The van der Waals surface area contributed by atoms with Crippen LogP contribution in [-0.4, -0.2) is 22.1 Å². The molecule has 0 saturated carbocycles. The number of hydrogen-bond acceptors (Lipinski definition) is 5. The smallest absolute Gasteiger partial charge is 0.180 e. The topological polar surface area (TPSA) is 73.9 Å². The van der Waals surface area contributed by atoms with E-state index in [9.17, 15) is 4.39 Å². The summed E-state index contributed by atoms with van der Waals surface area (Å²) < 4.78 is 18.7. The molecule has 23 heavy (non-hydrogen) atoms. The van der Waals surface area contributed by atoms with Gasteiger partial charge in [0.15, 0.2) is 5.82 Å². The molecule has 2 heterocycles. The van der Waals surface area contributed by atoms with Gasteiger partial charge in [-0.2, -0.15) is 0 Å². The van der Waals surface area contributed by atoms with Crippen molar-refractivity contribution in [2.24, 2.45) is 0 Å². The van der Waals surface area contributed by atoms with E-state index in [0.29, 0.717) is 39.9 Å². The Morgan fingerprint density at radius 3 is 2.65 bits per heavy atom. The molecule has 0 spiro atoms. The summed E-state index contributed by atoms with van der Waals surface area (Å²) in [7, 11) is 1.48. The third kappa shape index (κ3) is 2.83. The SMILES string of the molecule is COc1cc(F)ccc1-c1nc(-c2ccccn2)nc(N)c1C. The summed E-state index contributed by atoms with van der Waals surface area (Å²) in [6.07, 6.45) is 1.66. The molecule has 0 aliphatic rings. The van der Waals surface area contributed by atoms with Crippen LogP contribution in [0.4, 0.5) is 10.2 Å². The van der Waals surface area contributed by atoms with Crippen LogP contribution in [0, 0.1) is 12.7 Å². The number of halogens is 1. The summed E-state index contributed by atoms with van der Waals surface area (Å²) >= 11 is 0. The standard InChI is InChI=1S/C17H15FN4O/c1-10-15(12-7-6-11(18)9-14(12)23-2)21-17(22-16(10)19)13-5-3-4-8-20-13/h3-9H,1-2H3,(H2,19,21,22). The number of nitrogens with zero attached hydrogens (tertiary/aromatic N) is 3. The maximum atomic E-state index is 13.4. The second-order valence-corrected chi connectivity index (χ2v) is 4.97. The van der Waals surface area contributed by atoms with Crippen LogP contribution in [-0.2, 0) is 0 Å². The first-order valence-electron chi connectivity index (χ1n) is 6.99. The van der Waals surface area contributed by atoms with E-state index in [-0.39, 0.29) is 5.82 Å². The summed E-state index contributed by atoms with van der Waals surface area (Å²) in [6.45, 7) is 1.82. The van der Waals surface area contributed by atoms with E-state index < -0.39 is 0 Å². The highest BCUT2D eigenvalue weighted by Crippen LogP contribution is 2.33. The van der Waals surface area contributed by atoms with Gasteiger partial charge in [0, 0.05) is 23.4 Å². The van der Waals surface area contributed by atoms with Crippen molar-refractivity contribution < 1.29 is 9.13 Å². The van der Waals surface area contributed by atoms with Crippen molar-refractivity contribution in [2.45, 2.75) is 6.92 Å². The summed E-state index contributed by atoms with van der Waals surface area (Å²) in [4.78, 5) is 13.1. The number of aromatic nitrogens is 3. The summed E-state index contributed by atoms with van der Waals surface area (Å²) in [6, 6.07) is 9.75. The van der Waals surface area contributed by atoms with Crippen molar-refractivity contribution in [3.63, 3.8) is 0 Å². The van der Waals surface area contributed by atoms with E-state index >= 15 is 0 Å². The van der Waals surface area contributed by atoms with Crippen LogP contribution in [0.5, 0.6) is 5.75 Å². The highest BCUT2D eigenvalue weighted by Gasteiger charge is 2.16. The third-order valence-corrected chi connectivity index (χ3v) is 3.50. The molecule has 0 aliphatic carbocycles. The lowest BCUT2D eigenvalue weighted by Gasteiger charge is -2.13. The predicted octanol–water partition coefficient (Wildman–Crippen LogP) is 3.24. The van der Waals surface area contributed by atoms with Gasteiger partial charge in [-0.1, -0.05) is 6.07 Å². The number of rotatable bonds is 3. The molecular formula is C17H15FN4O. The molecule has 116 valence electrons. The number of hydrogen-bond donors (Lipinski definition) is 1. The van der Waals surface area contributed by atoms with E-state index in [2.05, 4.69) is 15.0 Å². The van der Waals surface area contributed by atoms with Gasteiger partial charge in [-0.05, 0) is 31.2 Å². The zero-order valence-corrected chi connectivity index (χ0v) is 12.7. The van der Waals surface area contributed by atoms with Gasteiger partial charge < -0.3 is 10.5 Å². The maximum absolute atomic E-state index is 13.4. The zero-order chi connectivity index (χ0) is 16.4. The molecule has 0 aliphatic heterocycles. The van der Waals surface area contributed by atoms with Crippen molar-refractivity contribution in [2.75, 3.05) is 12.8 Å². The number of nitrogens with two attached hydrogens (primary N) is 1. The van der Waals surface area contributed by atoms with Crippen molar-refractivity contribution in [1.29, 1.82) is 0 Å². The quantitative estimate of drug-likeness (QED) is 0.804. The Labute approximate surface area is 133 Å². The molecule has 1 aromatic carbocycles. The fourth-order valence-electron chi connectivity index (χ4n) is 2.27. The van der Waals surface area contributed by atoms with Crippen LogP contribution < -0.4 is 10.5 Å². The zero-order valence-electron chi connectivity index (χ0n) is 12.7. The van der Waals surface area contributed by atoms with Gasteiger partial charge in [0.1, 0.15) is 23.1 Å². The van der Waals surface area contributed by atoms with Gasteiger partial charge >= 0.3 is 0 Å². The predicted molar refractivity (Wildman–Crippen MR) is 86.4 cm³/mol. The van der Waals surface area contributed by atoms with E-state index in [1.165, 1.54) is 19.2 Å². The Balaban J connectivity index is 2.22. The van der Waals surface area contributed by atoms with Gasteiger partial charge in [-0.15, -0.1) is 0 Å². The molecule has 0 atom stereocenters. The van der Waals surface area contributed by atoms with E-state index in [1.807, 2.05) is 19.1 Å². The van der Waals surface area contributed by atoms with Gasteiger partial charge in [0.05, 0.1) is 12.8 Å². The molecule has 0 unspecified atom stereocenters. The lowest BCUT2D eigenvalue weighted by Crippen LogP contribution is -2.04. The third-order valence-electron chi connectivity index (χ3n) is 3.50. The normalized spacial score (nSPS) is 10.6. The molecule has 0 fully saturated rings. The first kappa shape index (κ1) is 14.9. The van der Waals surface area contributed by atoms with Crippen LogP contribution in [0.2, 0.25) is 0 Å². The number of pyridine rings is 1. The van der Waals surface area contributed by atoms with Gasteiger partial charge in [0.2, 0.25) is 0 Å². The van der Waals surface area contributed by atoms with Crippen LogP contribution in [0.3, 0.4) is 0 Å². The van der Waals surface area contributed by atoms with Crippen LogP contribution >= 0.6 is 0 Å². The molecule has 2 N–H and O–H groups in total. The first-order valence-corrected chi connectivity index (χ1v) is 6.99. The van der Waals surface area contributed by atoms with Crippen LogP contribution in [0.15, 0.2) is 42.6 Å². The van der Waals surface area contributed by atoms with Crippen LogP contribution in [0.25, 0.3) is 22.8 Å². The van der Waals surface area contributed by atoms with E-state index in [1.54, 1.807) is 18.3 Å². The average molecular weight is 310 g/mol. The minimum atomic E-state index is -0.379. The molecule has 0 radical (unpaired) electrons. The number of ether oxygens (including phenoxy) is 1. The molecule has 3 rings (SSSR count). The summed E-state index contributed by atoms with van der Waals surface area (Å²) in [5, 5.41) is 0. The van der Waals surface area contributed by atoms with E-state index in [0.717, 1.165) is 0 Å². The Morgan fingerprint density at radius 1 is 1.13 bits per heavy atom. The Morgan fingerprint density at radius 2 is 1.96 bits per heavy atom. The molecule has 5 nitrogen and oxygen atoms in total. The van der Waals surface area contributed by atoms with Crippen molar-refractivity contribution in [1.82, 2.24) is 15.0 Å². The Hall–Kier alpha value is -3.02. The minimum Gasteiger partial charge on any atom is -0.496 e. The number of benzene rings is 1. The first-order chi connectivity index (χ1) is 11.1. The number of anilines is 1. The molecule has 3 aromatic rings. The molecule has 0 saturated heterocycles. The molecule has 6 heteroatoms. The summed E-state index contributed by atoms with van der Waals surface area (Å²) in [5.41, 5.74) is 8.58. The lowest BCUT2D eigenvalue weighted by atomic mass is 10.1. The van der Waals surface area contributed by atoms with Crippen LogP contribution in [0.1, 0.15) is 5.56 Å². The number of nitrogen functional groups attached to an aromatic ring is 1. The van der Waals surface area contributed by atoms with Gasteiger partial charge in [-0.3, -0.25) is 4.98 Å². The number of methoxy groups -OCH3 is 1. The molecule has 0 amide bonds. The lowest BCUT2D eigenvalue weighted by molar-refractivity contribution is 0.413. The summed E-state index contributed by atoms with van der Waals surface area (Å²) in [5.74, 6) is 0.769. The van der Waals surface area contributed by atoms with Crippen molar-refractivity contribution in [3.05, 3.63) is 54.0 Å². The molecule has 2 aromatic heterocycles. The minimum absolute atomic E-state index is 0.349. The second kappa shape index (κ2) is 6.00. The monoisotopic (exact) mass is 310 g/mol. The Bertz CT molecular complexity index is 853. The van der Waals surface area contributed by atoms with Gasteiger partial charge in [0.25, 0.3) is 0 Å². The maximum Gasteiger partial charge on any atom is 0.180 e. The van der Waals surface area contributed by atoms with Crippen molar-refractivity contribution in [3.8, 4) is 28.5 Å². The Kier molecular flexibility index (Phi) is 3.89. The highest BCUT2D eigenvalue weighted by atomic mass is 19.1. The fourth-order valence-corrected chi connectivity index (χ4v) is 2.27. The molecular weight excluding hydrogens is 295 g/mol. The largest absolute Gasteiger partial charge is 0.496 e. The van der Waals surface area contributed by atoms with E-state index in [4.69, 9.17) is 10.5 Å². The van der Waals surface area contributed by atoms with Gasteiger partial charge in [-0.25, -0.2) is 14.4 Å². The highest BCUT2D eigenvalue weighted by molar-refractivity contribution is 5.74.